The molecule has 0 heterocycles. The lowest BCUT2D eigenvalue weighted by atomic mass is 9.87. The standard InChI is InChI=1S/C24H29NO4S/c1-19-9-13-23(14-10-19)30(27,28)25-15-5-8-22-12-11-21(16-24(22)26)18-29-17-20-6-3-2-4-7-20/h2-4,6-7,9-10,12-14,21,25H,5,8,11,15-18H2,1H3. The van der Waals surface area contributed by atoms with Crippen LogP contribution in [0.1, 0.15) is 36.8 Å². The first-order chi connectivity index (χ1) is 14.4. The number of hydrogen-bond donors (Lipinski definition) is 1. The fraction of sp³-hybridized carbons (Fsp3) is 0.375. The molecular formula is C24H29NO4S. The summed E-state index contributed by atoms with van der Waals surface area (Å²) in [5, 5.41) is 0. The number of benzene rings is 2. The molecule has 0 radical (unpaired) electrons. The second-order valence-electron chi connectivity index (χ2n) is 7.77. The van der Waals surface area contributed by atoms with Crippen LogP contribution in [0.25, 0.3) is 0 Å². The molecule has 0 fully saturated rings. The fourth-order valence-corrected chi connectivity index (χ4v) is 4.55. The number of rotatable bonds is 10. The zero-order valence-electron chi connectivity index (χ0n) is 17.3. The summed E-state index contributed by atoms with van der Waals surface area (Å²) in [6.07, 6.45) is 4.50. The molecule has 0 aliphatic heterocycles. The van der Waals surface area contributed by atoms with E-state index in [-0.39, 0.29) is 16.6 Å². The second-order valence-corrected chi connectivity index (χ2v) is 9.54. The molecule has 5 nitrogen and oxygen atoms in total. The first kappa shape index (κ1) is 22.4. The van der Waals surface area contributed by atoms with Crippen LogP contribution in [-0.4, -0.2) is 27.4 Å². The van der Waals surface area contributed by atoms with Crippen LogP contribution < -0.4 is 4.72 Å². The monoisotopic (exact) mass is 427 g/mol. The van der Waals surface area contributed by atoms with Crippen LogP contribution in [0.3, 0.4) is 0 Å². The number of aryl methyl sites for hydroxylation is 1. The van der Waals surface area contributed by atoms with E-state index in [1.807, 2.05) is 43.3 Å². The zero-order valence-corrected chi connectivity index (χ0v) is 18.2. The van der Waals surface area contributed by atoms with Crippen molar-refractivity contribution in [2.24, 2.45) is 5.92 Å². The van der Waals surface area contributed by atoms with Crippen molar-refractivity contribution in [1.82, 2.24) is 4.72 Å². The molecule has 0 aromatic heterocycles. The summed E-state index contributed by atoms with van der Waals surface area (Å²) in [4.78, 5) is 12.7. The predicted octanol–water partition coefficient (Wildman–Crippen LogP) is 4.18. The van der Waals surface area contributed by atoms with Gasteiger partial charge in [-0.25, -0.2) is 13.1 Å². The van der Waals surface area contributed by atoms with E-state index in [4.69, 9.17) is 4.74 Å². The molecule has 30 heavy (non-hydrogen) atoms. The molecule has 160 valence electrons. The summed E-state index contributed by atoms with van der Waals surface area (Å²) in [6, 6.07) is 16.8. The molecular weight excluding hydrogens is 398 g/mol. The first-order valence-corrected chi connectivity index (χ1v) is 11.8. The quantitative estimate of drug-likeness (QED) is 0.578. The van der Waals surface area contributed by atoms with Gasteiger partial charge in [0.2, 0.25) is 10.0 Å². The average molecular weight is 428 g/mol. The molecule has 1 aliphatic carbocycles. The molecule has 0 saturated carbocycles. The Bertz CT molecular complexity index is 966. The van der Waals surface area contributed by atoms with Crippen LogP contribution >= 0.6 is 0 Å². The Morgan fingerprint density at radius 2 is 1.80 bits per heavy atom. The van der Waals surface area contributed by atoms with Gasteiger partial charge in [-0.3, -0.25) is 4.79 Å². The highest BCUT2D eigenvalue weighted by atomic mass is 32.2. The summed E-state index contributed by atoms with van der Waals surface area (Å²) >= 11 is 0. The SMILES string of the molecule is Cc1ccc(S(=O)(=O)NCCCC2=CCC(COCc3ccccc3)CC2=O)cc1. The van der Waals surface area contributed by atoms with E-state index in [1.165, 1.54) is 0 Å². The maximum Gasteiger partial charge on any atom is 0.240 e. The van der Waals surface area contributed by atoms with Crippen molar-refractivity contribution in [3.63, 3.8) is 0 Å². The maximum atomic E-state index is 12.4. The van der Waals surface area contributed by atoms with Gasteiger partial charge in [0.15, 0.2) is 5.78 Å². The van der Waals surface area contributed by atoms with Gasteiger partial charge in [-0.15, -0.1) is 0 Å². The summed E-state index contributed by atoms with van der Waals surface area (Å²) in [5.41, 5.74) is 2.95. The minimum absolute atomic E-state index is 0.149. The summed E-state index contributed by atoms with van der Waals surface area (Å²) in [7, 11) is -3.51. The molecule has 6 heteroatoms. The lowest BCUT2D eigenvalue weighted by Gasteiger charge is -2.21. The van der Waals surface area contributed by atoms with E-state index in [0.29, 0.717) is 39.0 Å². The predicted molar refractivity (Wildman–Crippen MR) is 118 cm³/mol. The molecule has 0 bridgehead atoms. The summed E-state index contributed by atoms with van der Waals surface area (Å²) < 4.78 is 33.0. The number of nitrogens with one attached hydrogen (secondary N) is 1. The fourth-order valence-electron chi connectivity index (χ4n) is 3.47. The Kier molecular flexibility index (Phi) is 7.96. The first-order valence-electron chi connectivity index (χ1n) is 10.3. The van der Waals surface area contributed by atoms with Crippen LogP contribution in [-0.2, 0) is 26.2 Å². The Labute approximate surface area is 179 Å². The number of allylic oxidation sites excluding steroid dienone is 2. The number of Topliss-reactive ketones (excluding diaryl/α,β-unsaturated/α-hetero) is 1. The Hall–Kier alpha value is -2.28. The lowest BCUT2D eigenvalue weighted by molar-refractivity contribution is -0.117. The highest BCUT2D eigenvalue weighted by molar-refractivity contribution is 7.89. The molecule has 0 amide bonds. The van der Waals surface area contributed by atoms with Crippen molar-refractivity contribution < 1.29 is 17.9 Å². The number of carbonyl (C=O) groups excluding carboxylic acids is 1. The third kappa shape index (κ3) is 6.62. The van der Waals surface area contributed by atoms with Crippen molar-refractivity contribution in [2.75, 3.05) is 13.2 Å². The Balaban J connectivity index is 1.38. The van der Waals surface area contributed by atoms with Crippen LogP contribution in [0.5, 0.6) is 0 Å². The smallest absolute Gasteiger partial charge is 0.240 e. The molecule has 3 rings (SSSR count). The van der Waals surface area contributed by atoms with Gasteiger partial charge in [-0.05, 0) is 55.4 Å². The van der Waals surface area contributed by atoms with Crippen LogP contribution in [0.15, 0.2) is 71.1 Å². The van der Waals surface area contributed by atoms with Crippen molar-refractivity contribution in [2.45, 2.75) is 44.1 Å². The molecule has 0 saturated heterocycles. The lowest BCUT2D eigenvalue weighted by Crippen LogP contribution is -2.25. The summed E-state index contributed by atoms with van der Waals surface area (Å²) in [6.45, 7) is 3.35. The van der Waals surface area contributed by atoms with E-state index < -0.39 is 10.0 Å². The van der Waals surface area contributed by atoms with Gasteiger partial charge in [-0.2, -0.15) is 0 Å². The van der Waals surface area contributed by atoms with Gasteiger partial charge in [0.1, 0.15) is 0 Å². The van der Waals surface area contributed by atoms with E-state index in [9.17, 15) is 13.2 Å². The topological polar surface area (TPSA) is 72.5 Å². The second kappa shape index (κ2) is 10.7. The summed E-state index contributed by atoms with van der Waals surface area (Å²) in [5.74, 6) is 0.362. The largest absolute Gasteiger partial charge is 0.376 e. The molecule has 1 unspecified atom stereocenters. The van der Waals surface area contributed by atoms with Gasteiger partial charge in [0.05, 0.1) is 18.1 Å². The third-order valence-electron chi connectivity index (χ3n) is 5.24. The molecule has 0 spiro atoms. The highest BCUT2D eigenvalue weighted by Gasteiger charge is 2.22. The van der Waals surface area contributed by atoms with E-state index in [1.54, 1.807) is 24.3 Å². The zero-order chi connectivity index (χ0) is 21.4. The van der Waals surface area contributed by atoms with Crippen molar-refractivity contribution in [1.29, 1.82) is 0 Å². The number of ketones is 1. The maximum absolute atomic E-state index is 12.4. The molecule has 1 N–H and O–H groups in total. The van der Waals surface area contributed by atoms with Gasteiger partial charge in [-0.1, -0.05) is 54.1 Å². The van der Waals surface area contributed by atoms with E-state index >= 15 is 0 Å². The Morgan fingerprint density at radius 3 is 2.50 bits per heavy atom. The van der Waals surface area contributed by atoms with E-state index in [0.717, 1.165) is 23.1 Å². The van der Waals surface area contributed by atoms with Gasteiger partial charge in [0.25, 0.3) is 0 Å². The highest BCUT2D eigenvalue weighted by Crippen LogP contribution is 2.24. The van der Waals surface area contributed by atoms with Crippen LogP contribution in [0.2, 0.25) is 0 Å². The van der Waals surface area contributed by atoms with Crippen LogP contribution in [0, 0.1) is 12.8 Å². The minimum atomic E-state index is -3.51. The molecule has 2 aromatic rings. The minimum Gasteiger partial charge on any atom is -0.376 e. The third-order valence-corrected chi connectivity index (χ3v) is 6.72. The molecule has 1 atom stereocenters. The Morgan fingerprint density at radius 1 is 1.07 bits per heavy atom. The van der Waals surface area contributed by atoms with Crippen molar-refractivity contribution in [3.8, 4) is 0 Å². The normalized spacial score (nSPS) is 17.0. The number of hydrogen-bond acceptors (Lipinski definition) is 4. The van der Waals surface area contributed by atoms with Gasteiger partial charge >= 0.3 is 0 Å². The van der Waals surface area contributed by atoms with Crippen molar-refractivity contribution >= 4 is 15.8 Å². The molecule has 2 aromatic carbocycles. The number of ether oxygens (including phenoxy) is 1. The van der Waals surface area contributed by atoms with Crippen LogP contribution in [0.4, 0.5) is 0 Å². The number of carbonyl (C=O) groups is 1. The van der Waals surface area contributed by atoms with E-state index in [2.05, 4.69) is 4.72 Å². The molecule has 1 aliphatic rings. The van der Waals surface area contributed by atoms with Gasteiger partial charge < -0.3 is 4.74 Å². The van der Waals surface area contributed by atoms with Gasteiger partial charge in [0, 0.05) is 13.0 Å². The number of sulfonamides is 1. The average Bonchev–Trinajstić information content (AvgIpc) is 2.73. The van der Waals surface area contributed by atoms with Crippen molar-refractivity contribution in [3.05, 3.63) is 77.4 Å².